The number of benzene rings is 1. The molecule has 1 amide bonds. The minimum absolute atomic E-state index is 0.0391. The summed E-state index contributed by atoms with van der Waals surface area (Å²) in [5.41, 5.74) is 3.29. The molecule has 0 aliphatic carbocycles. The first-order chi connectivity index (χ1) is 8.97. The molecule has 1 aromatic rings. The number of β-amino-alcohol motifs (C(OH)–C–C–N with tert-alkyl or cyclic N) is 1. The molecule has 104 valence electrons. The summed E-state index contributed by atoms with van der Waals surface area (Å²) in [4.78, 5) is 13.6. The Hall–Kier alpha value is -1.55. The van der Waals surface area contributed by atoms with Crippen molar-refractivity contribution in [3.8, 4) is 5.75 Å². The van der Waals surface area contributed by atoms with Gasteiger partial charge >= 0.3 is 0 Å². The Morgan fingerprint density at radius 3 is 2.53 bits per heavy atom. The van der Waals surface area contributed by atoms with Crippen molar-refractivity contribution in [3.63, 3.8) is 0 Å². The van der Waals surface area contributed by atoms with Crippen LogP contribution in [-0.2, 0) is 4.79 Å². The van der Waals surface area contributed by atoms with E-state index in [4.69, 9.17) is 4.74 Å². The van der Waals surface area contributed by atoms with Gasteiger partial charge in [0.2, 0.25) is 0 Å². The number of aryl methyl sites for hydroxylation is 3. The van der Waals surface area contributed by atoms with Gasteiger partial charge in [-0.2, -0.15) is 0 Å². The molecule has 2 rings (SSSR count). The number of hydrogen-bond donors (Lipinski definition) is 1. The topological polar surface area (TPSA) is 49.8 Å². The van der Waals surface area contributed by atoms with E-state index in [1.165, 1.54) is 5.56 Å². The number of carbonyl (C=O) groups is 1. The van der Waals surface area contributed by atoms with Crippen molar-refractivity contribution < 1.29 is 14.6 Å². The smallest absolute Gasteiger partial charge is 0.260 e. The Labute approximate surface area is 114 Å². The van der Waals surface area contributed by atoms with E-state index < -0.39 is 0 Å². The van der Waals surface area contributed by atoms with Crippen LogP contribution in [0.1, 0.15) is 23.1 Å². The minimum atomic E-state index is -0.383. The van der Waals surface area contributed by atoms with Gasteiger partial charge < -0.3 is 14.7 Å². The molecule has 0 radical (unpaired) electrons. The first-order valence-electron chi connectivity index (χ1n) is 6.64. The van der Waals surface area contributed by atoms with Gasteiger partial charge in [-0.15, -0.1) is 0 Å². The highest BCUT2D eigenvalue weighted by Gasteiger charge is 2.24. The van der Waals surface area contributed by atoms with Crippen LogP contribution in [0.15, 0.2) is 12.1 Å². The van der Waals surface area contributed by atoms with Crippen molar-refractivity contribution in [3.05, 3.63) is 28.8 Å². The van der Waals surface area contributed by atoms with Crippen LogP contribution in [0.3, 0.4) is 0 Å². The van der Waals surface area contributed by atoms with Crippen molar-refractivity contribution in [2.75, 3.05) is 19.7 Å². The van der Waals surface area contributed by atoms with Gasteiger partial charge in [0.15, 0.2) is 6.61 Å². The third-order valence-electron chi connectivity index (χ3n) is 3.46. The first-order valence-corrected chi connectivity index (χ1v) is 6.64. The second-order valence-electron chi connectivity index (χ2n) is 5.30. The van der Waals surface area contributed by atoms with Crippen molar-refractivity contribution in [2.24, 2.45) is 0 Å². The van der Waals surface area contributed by atoms with Crippen LogP contribution in [0.2, 0.25) is 0 Å². The molecule has 0 aromatic heterocycles. The second-order valence-corrected chi connectivity index (χ2v) is 5.30. The van der Waals surface area contributed by atoms with Crippen molar-refractivity contribution in [1.82, 2.24) is 4.90 Å². The number of nitrogens with zero attached hydrogens (tertiary/aromatic N) is 1. The van der Waals surface area contributed by atoms with Gasteiger partial charge in [-0.05, 0) is 38.3 Å². The monoisotopic (exact) mass is 263 g/mol. The van der Waals surface area contributed by atoms with Crippen molar-refractivity contribution >= 4 is 5.91 Å². The molecule has 1 atom stereocenters. The summed E-state index contributed by atoms with van der Waals surface area (Å²) in [6.45, 7) is 7.10. The predicted octanol–water partition coefficient (Wildman–Crippen LogP) is 1.58. The average molecular weight is 263 g/mol. The molecule has 1 unspecified atom stereocenters. The van der Waals surface area contributed by atoms with E-state index >= 15 is 0 Å². The SMILES string of the molecule is Cc1cc(C)c(OCC(=O)N2CCC(O)C2)c(C)c1. The molecular formula is C15H21NO3. The standard InChI is InChI=1S/C15H21NO3/c1-10-6-11(2)15(12(3)7-10)19-9-14(18)16-5-4-13(17)8-16/h6-7,13,17H,4-5,8-9H2,1-3H3. The normalized spacial score (nSPS) is 18.7. The fourth-order valence-corrected chi connectivity index (χ4v) is 2.59. The molecule has 0 spiro atoms. The fourth-order valence-electron chi connectivity index (χ4n) is 2.59. The summed E-state index contributed by atoms with van der Waals surface area (Å²) in [5, 5.41) is 9.42. The number of hydrogen-bond acceptors (Lipinski definition) is 3. The molecule has 1 fully saturated rings. The molecule has 4 nitrogen and oxygen atoms in total. The first kappa shape index (κ1) is 13.9. The van der Waals surface area contributed by atoms with Gasteiger partial charge in [0.1, 0.15) is 5.75 Å². The summed E-state index contributed by atoms with van der Waals surface area (Å²) in [7, 11) is 0. The number of ether oxygens (including phenoxy) is 1. The lowest BCUT2D eigenvalue weighted by molar-refractivity contribution is -0.132. The molecule has 1 aliphatic rings. The largest absolute Gasteiger partial charge is 0.483 e. The zero-order valence-electron chi connectivity index (χ0n) is 11.8. The second kappa shape index (κ2) is 5.61. The van der Waals surface area contributed by atoms with E-state index in [1.54, 1.807) is 4.90 Å². The minimum Gasteiger partial charge on any atom is -0.483 e. The van der Waals surface area contributed by atoms with E-state index in [2.05, 4.69) is 0 Å². The zero-order valence-corrected chi connectivity index (χ0v) is 11.8. The Morgan fingerprint density at radius 2 is 2.00 bits per heavy atom. The van der Waals surface area contributed by atoms with E-state index in [-0.39, 0.29) is 18.6 Å². The summed E-state index contributed by atoms with van der Waals surface area (Å²) in [5.74, 6) is 0.731. The van der Waals surface area contributed by atoms with Gasteiger partial charge in [-0.3, -0.25) is 4.79 Å². The third kappa shape index (κ3) is 3.26. The maximum absolute atomic E-state index is 11.9. The van der Waals surface area contributed by atoms with E-state index in [0.717, 1.165) is 16.9 Å². The Balaban J connectivity index is 1.97. The molecule has 19 heavy (non-hydrogen) atoms. The van der Waals surface area contributed by atoms with Gasteiger partial charge in [0, 0.05) is 13.1 Å². The number of rotatable bonds is 3. The Bertz CT molecular complexity index is 461. The number of aliphatic hydroxyl groups is 1. The molecule has 1 aromatic carbocycles. The van der Waals surface area contributed by atoms with E-state index in [0.29, 0.717) is 19.5 Å². The van der Waals surface area contributed by atoms with Crippen molar-refractivity contribution in [2.45, 2.75) is 33.3 Å². The molecule has 1 saturated heterocycles. The highest BCUT2D eigenvalue weighted by molar-refractivity contribution is 5.78. The van der Waals surface area contributed by atoms with Gasteiger partial charge in [-0.25, -0.2) is 0 Å². The molecular weight excluding hydrogens is 242 g/mol. The number of likely N-dealkylation sites (tertiary alicyclic amines) is 1. The lowest BCUT2D eigenvalue weighted by Crippen LogP contribution is -2.33. The van der Waals surface area contributed by atoms with Crippen LogP contribution >= 0.6 is 0 Å². The molecule has 1 N–H and O–H groups in total. The maximum atomic E-state index is 11.9. The summed E-state index contributed by atoms with van der Waals surface area (Å²) < 4.78 is 5.66. The quantitative estimate of drug-likeness (QED) is 0.901. The van der Waals surface area contributed by atoms with Crippen LogP contribution in [0.4, 0.5) is 0 Å². The highest BCUT2D eigenvalue weighted by atomic mass is 16.5. The Kier molecular flexibility index (Phi) is 4.10. The van der Waals surface area contributed by atoms with Gasteiger partial charge in [-0.1, -0.05) is 17.7 Å². The fraction of sp³-hybridized carbons (Fsp3) is 0.533. The van der Waals surface area contributed by atoms with Crippen LogP contribution in [0.5, 0.6) is 5.75 Å². The van der Waals surface area contributed by atoms with Gasteiger partial charge in [0.25, 0.3) is 5.91 Å². The summed E-state index contributed by atoms with van der Waals surface area (Å²) in [6, 6.07) is 4.10. The highest BCUT2D eigenvalue weighted by Crippen LogP contribution is 2.24. The Morgan fingerprint density at radius 1 is 1.37 bits per heavy atom. The van der Waals surface area contributed by atoms with Crippen LogP contribution in [-0.4, -0.2) is 41.7 Å². The van der Waals surface area contributed by atoms with Crippen LogP contribution < -0.4 is 4.74 Å². The average Bonchev–Trinajstić information content (AvgIpc) is 2.74. The molecule has 1 heterocycles. The number of carbonyl (C=O) groups excluding carboxylic acids is 1. The molecule has 0 saturated carbocycles. The third-order valence-corrected chi connectivity index (χ3v) is 3.46. The van der Waals surface area contributed by atoms with Crippen LogP contribution in [0.25, 0.3) is 0 Å². The predicted molar refractivity (Wildman–Crippen MR) is 73.4 cm³/mol. The summed E-state index contributed by atoms with van der Waals surface area (Å²) in [6.07, 6.45) is 0.278. The van der Waals surface area contributed by atoms with E-state index in [1.807, 2.05) is 32.9 Å². The van der Waals surface area contributed by atoms with Crippen molar-refractivity contribution in [1.29, 1.82) is 0 Å². The lowest BCUT2D eigenvalue weighted by Gasteiger charge is -2.17. The lowest BCUT2D eigenvalue weighted by atomic mass is 10.1. The number of amides is 1. The summed E-state index contributed by atoms with van der Waals surface area (Å²) >= 11 is 0. The van der Waals surface area contributed by atoms with Gasteiger partial charge in [0.05, 0.1) is 6.10 Å². The number of aliphatic hydroxyl groups excluding tert-OH is 1. The zero-order chi connectivity index (χ0) is 14.0. The van der Waals surface area contributed by atoms with E-state index in [9.17, 15) is 9.90 Å². The molecule has 1 aliphatic heterocycles. The molecule has 0 bridgehead atoms. The van der Waals surface area contributed by atoms with Crippen LogP contribution in [0, 0.1) is 20.8 Å². The maximum Gasteiger partial charge on any atom is 0.260 e. The molecule has 4 heteroatoms.